The zero-order valence-electron chi connectivity index (χ0n) is 13.1. The molecule has 0 bridgehead atoms. The highest BCUT2D eigenvalue weighted by Crippen LogP contribution is 2.66. The number of benzene rings is 2. The van der Waals surface area contributed by atoms with E-state index < -0.39 is 12.5 Å². The average molecular weight is 340 g/mol. The third-order valence-corrected chi connectivity index (χ3v) is 7.95. The maximum absolute atomic E-state index is 14.1. The van der Waals surface area contributed by atoms with Crippen molar-refractivity contribution in [3.63, 3.8) is 0 Å². The molecule has 1 heterocycles. The van der Waals surface area contributed by atoms with Gasteiger partial charge in [0.15, 0.2) is 0 Å². The standard InChI is InChI=1S/C19H17O4P/c1-19(12-13(20)10-11-18(19)21)24(22)17-9-5-3-7-15(17)14-6-2-4-8-16(14)23-24/h2-11,20-21H,12H2,1H3. The van der Waals surface area contributed by atoms with Crippen molar-refractivity contribution in [2.24, 2.45) is 0 Å². The summed E-state index contributed by atoms with van der Waals surface area (Å²) in [5.41, 5.74) is 1.72. The summed E-state index contributed by atoms with van der Waals surface area (Å²) in [7, 11) is -3.54. The van der Waals surface area contributed by atoms with Crippen molar-refractivity contribution in [1.82, 2.24) is 0 Å². The lowest BCUT2D eigenvalue weighted by molar-refractivity contribution is 0.296. The van der Waals surface area contributed by atoms with Crippen LogP contribution in [0.3, 0.4) is 0 Å². The minimum atomic E-state index is -3.54. The minimum absolute atomic E-state index is 0.0437. The summed E-state index contributed by atoms with van der Waals surface area (Å²) >= 11 is 0. The molecule has 2 N–H and O–H groups in total. The van der Waals surface area contributed by atoms with Gasteiger partial charge < -0.3 is 14.7 Å². The smallest absolute Gasteiger partial charge is 0.291 e. The summed E-state index contributed by atoms with van der Waals surface area (Å²) in [5.74, 6) is 0.561. The van der Waals surface area contributed by atoms with Crippen molar-refractivity contribution < 1.29 is 19.3 Å². The van der Waals surface area contributed by atoms with Crippen LogP contribution in [0.25, 0.3) is 11.1 Å². The Kier molecular flexibility index (Phi) is 3.16. The Morgan fingerprint density at radius 2 is 1.67 bits per heavy atom. The van der Waals surface area contributed by atoms with Gasteiger partial charge in [-0.25, -0.2) is 0 Å². The molecule has 0 amide bonds. The number of rotatable bonds is 1. The summed E-state index contributed by atoms with van der Waals surface area (Å²) in [6, 6.07) is 14.8. The van der Waals surface area contributed by atoms with E-state index in [1.807, 2.05) is 36.4 Å². The van der Waals surface area contributed by atoms with Crippen LogP contribution in [0.5, 0.6) is 5.75 Å². The number of aliphatic hydroxyl groups is 2. The van der Waals surface area contributed by atoms with Gasteiger partial charge in [0, 0.05) is 12.0 Å². The van der Waals surface area contributed by atoms with Gasteiger partial charge in [-0.2, -0.15) is 0 Å². The van der Waals surface area contributed by atoms with Crippen LogP contribution in [-0.2, 0) is 4.57 Å². The zero-order valence-corrected chi connectivity index (χ0v) is 14.0. The SMILES string of the molecule is CC1(P2(=O)Oc3ccccc3-c3ccccc32)CC(O)=CC=C1O. The molecule has 24 heavy (non-hydrogen) atoms. The number of para-hydroxylation sites is 1. The van der Waals surface area contributed by atoms with Crippen molar-refractivity contribution in [2.45, 2.75) is 18.5 Å². The van der Waals surface area contributed by atoms with Gasteiger partial charge in [0.1, 0.15) is 16.7 Å². The molecule has 5 heteroatoms. The summed E-state index contributed by atoms with van der Waals surface area (Å²) in [6.07, 6.45) is 2.88. The molecule has 0 saturated carbocycles. The van der Waals surface area contributed by atoms with E-state index in [1.165, 1.54) is 12.2 Å². The van der Waals surface area contributed by atoms with E-state index in [1.54, 1.807) is 19.1 Å². The van der Waals surface area contributed by atoms with E-state index >= 15 is 0 Å². The first-order valence-electron chi connectivity index (χ1n) is 7.74. The van der Waals surface area contributed by atoms with Gasteiger partial charge in [0.2, 0.25) is 0 Å². The summed E-state index contributed by atoms with van der Waals surface area (Å²) in [5, 5.41) is 19.8. The number of hydrogen-bond donors (Lipinski definition) is 2. The van der Waals surface area contributed by atoms with Crippen molar-refractivity contribution in [3.8, 4) is 16.9 Å². The molecule has 0 spiro atoms. The van der Waals surface area contributed by atoms with Crippen LogP contribution < -0.4 is 9.83 Å². The van der Waals surface area contributed by atoms with Crippen molar-refractivity contribution in [2.75, 3.05) is 0 Å². The topological polar surface area (TPSA) is 66.8 Å². The Labute approximate surface area is 140 Å². The molecule has 4 rings (SSSR count). The second-order valence-corrected chi connectivity index (χ2v) is 9.07. The second kappa shape index (κ2) is 5.02. The molecule has 2 atom stereocenters. The first-order chi connectivity index (χ1) is 11.5. The lowest BCUT2D eigenvalue weighted by atomic mass is 9.98. The van der Waals surface area contributed by atoms with E-state index in [0.717, 1.165) is 11.1 Å². The molecule has 1 aliphatic heterocycles. The number of allylic oxidation sites excluding steroid dienone is 4. The highest BCUT2D eigenvalue weighted by molar-refractivity contribution is 7.69. The van der Waals surface area contributed by atoms with Crippen LogP contribution >= 0.6 is 7.37 Å². The molecule has 0 fully saturated rings. The third kappa shape index (κ3) is 1.90. The van der Waals surface area contributed by atoms with Crippen LogP contribution in [0, 0.1) is 0 Å². The van der Waals surface area contributed by atoms with Gasteiger partial charge in [-0.05, 0) is 36.8 Å². The normalized spacial score (nSPS) is 28.0. The highest BCUT2D eigenvalue weighted by Gasteiger charge is 2.55. The summed E-state index contributed by atoms with van der Waals surface area (Å²) in [6.45, 7) is 1.67. The van der Waals surface area contributed by atoms with Gasteiger partial charge in [-0.15, -0.1) is 0 Å². The Morgan fingerprint density at radius 3 is 2.46 bits per heavy atom. The molecule has 0 aromatic heterocycles. The zero-order chi connectivity index (χ0) is 16.9. The maximum Gasteiger partial charge on any atom is 0.291 e. The van der Waals surface area contributed by atoms with E-state index in [-0.39, 0.29) is 17.9 Å². The second-order valence-electron chi connectivity index (χ2n) is 6.32. The predicted octanol–water partition coefficient (Wildman–Crippen LogP) is 4.70. The average Bonchev–Trinajstić information content (AvgIpc) is 2.59. The van der Waals surface area contributed by atoms with Gasteiger partial charge in [-0.3, -0.25) is 4.57 Å². The van der Waals surface area contributed by atoms with Crippen LogP contribution in [0.4, 0.5) is 0 Å². The molecular formula is C19H17O4P. The number of aliphatic hydroxyl groups excluding tert-OH is 2. The summed E-state index contributed by atoms with van der Waals surface area (Å²) in [4.78, 5) is 0. The van der Waals surface area contributed by atoms with Crippen LogP contribution in [0.1, 0.15) is 13.3 Å². The highest BCUT2D eigenvalue weighted by atomic mass is 31.2. The molecule has 1 aliphatic carbocycles. The van der Waals surface area contributed by atoms with Crippen molar-refractivity contribution >= 4 is 12.7 Å². The van der Waals surface area contributed by atoms with E-state index in [2.05, 4.69) is 0 Å². The van der Waals surface area contributed by atoms with Crippen LogP contribution in [0.15, 0.2) is 72.2 Å². The molecule has 2 unspecified atom stereocenters. The molecule has 122 valence electrons. The fourth-order valence-electron chi connectivity index (χ4n) is 3.39. The van der Waals surface area contributed by atoms with Gasteiger partial charge >= 0.3 is 0 Å². The molecular weight excluding hydrogens is 323 g/mol. The van der Waals surface area contributed by atoms with E-state index in [9.17, 15) is 14.8 Å². The number of hydrogen-bond acceptors (Lipinski definition) is 4. The van der Waals surface area contributed by atoms with Gasteiger partial charge in [0.25, 0.3) is 7.37 Å². The fraction of sp³-hybridized carbons (Fsp3) is 0.158. The molecule has 2 aliphatic rings. The van der Waals surface area contributed by atoms with Crippen LogP contribution in [0.2, 0.25) is 0 Å². The Morgan fingerprint density at radius 1 is 1.00 bits per heavy atom. The third-order valence-electron chi connectivity index (χ3n) is 4.79. The van der Waals surface area contributed by atoms with Crippen molar-refractivity contribution in [1.29, 1.82) is 0 Å². The molecule has 4 nitrogen and oxygen atoms in total. The maximum atomic E-state index is 14.1. The number of fused-ring (bicyclic) bond motifs is 3. The molecule has 0 saturated heterocycles. The van der Waals surface area contributed by atoms with Crippen LogP contribution in [-0.4, -0.2) is 15.4 Å². The van der Waals surface area contributed by atoms with Gasteiger partial charge in [-0.1, -0.05) is 36.4 Å². The lowest BCUT2D eigenvalue weighted by Gasteiger charge is -2.41. The Bertz CT molecular complexity index is 944. The lowest BCUT2D eigenvalue weighted by Crippen LogP contribution is -2.38. The van der Waals surface area contributed by atoms with E-state index in [0.29, 0.717) is 11.1 Å². The summed E-state index contributed by atoms with van der Waals surface area (Å²) < 4.78 is 20.1. The van der Waals surface area contributed by atoms with Crippen molar-refractivity contribution in [3.05, 3.63) is 72.2 Å². The first kappa shape index (κ1) is 15.1. The monoisotopic (exact) mass is 340 g/mol. The fourth-order valence-corrected chi connectivity index (χ4v) is 6.20. The Balaban J connectivity index is 1.99. The Hall–Kier alpha value is -2.45. The predicted molar refractivity (Wildman–Crippen MR) is 94.2 cm³/mol. The largest absolute Gasteiger partial charge is 0.512 e. The quantitative estimate of drug-likeness (QED) is 0.739. The molecule has 2 aromatic carbocycles. The molecule has 0 radical (unpaired) electrons. The van der Waals surface area contributed by atoms with Gasteiger partial charge in [0.05, 0.1) is 11.1 Å². The van der Waals surface area contributed by atoms with E-state index in [4.69, 9.17) is 4.52 Å². The molecule has 2 aromatic rings. The minimum Gasteiger partial charge on any atom is -0.512 e. The first-order valence-corrected chi connectivity index (χ1v) is 9.36.